The van der Waals surface area contributed by atoms with Crippen molar-refractivity contribution in [3.8, 4) is 0 Å². The van der Waals surface area contributed by atoms with Gasteiger partial charge in [0.1, 0.15) is 0 Å². The van der Waals surface area contributed by atoms with Gasteiger partial charge in [-0.3, -0.25) is 0 Å². The molecule has 134 valence electrons. The number of hydrogen-bond acceptors (Lipinski definition) is 3. The van der Waals surface area contributed by atoms with Crippen LogP contribution in [0.1, 0.15) is 49.7 Å². The molecule has 4 nitrogen and oxygen atoms in total. The van der Waals surface area contributed by atoms with Gasteiger partial charge in [-0.05, 0) is 51.3 Å². The molecule has 5 heteroatoms. The van der Waals surface area contributed by atoms with Gasteiger partial charge in [0, 0.05) is 19.1 Å². The third-order valence-corrected chi connectivity index (χ3v) is 7.26. The molecule has 3 rings (SSSR count). The Hall–Kier alpha value is -0.910. The van der Waals surface area contributed by atoms with Crippen LogP contribution in [0.3, 0.4) is 0 Å². The van der Waals surface area contributed by atoms with Gasteiger partial charge < -0.3 is 4.90 Å². The number of benzene rings is 1. The first-order valence-electron chi connectivity index (χ1n) is 9.32. The molecule has 2 saturated heterocycles. The largest absolute Gasteiger partial charge is 0.300 e. The van der Waals surface area contributed by atoms with E-state index in [1.807, 2.05) is 31.2 Å². The van der Waals surface area contributed by atoms with Gasteiger partial charge in [-0.2, -0.15) is 0 Å². The molecule has 0 spiro atoms. The zero-order chi connectivity index (χ0) is 17.0. The van der Waals surface area contributed by atoms with Crippen LogP contribution in [0.2, 0.25) is 0 Å². The Labute approximate surface area is 146 Å². The fourth-order valence-corrected chi connectivity index (χ4v) is 5.60. The van der Waals surface area contributed by atoms with E-state index >= 15 is 0 Å². The minimum absolute atomic E-state index is 0.128. The van der Waals surface area contributed by atoms with Gasteiger partial charge in [-0.25, -0.2) is 12.7 Å². The van der Waals surface area contributed by atoms with Crippen molar-refractivity contribution in [2.45, 2.75) is 57.2 Å². The summed E-state index contributed by atoms with van der Waals surface area (Å²) in [5, 5.41) is 0. The highest BCUT2D eigenvalue weighted by Gasteiger charge is 2.30. The molecule has 0 atom stereocenters. The average Bonchev–Trinajstić information content (AvgIpc) is 2.84. The average molecular weight is 351 g/mol. The van der Waals surface area contributed by atoms with Gasteiger partial charge in [-0.15, -0.1) is 0 Å². The van der Waals surface area contributed by atoms with Crippen LogP contribution in [0.15, 0.2) is 24.3 Å². The maximum Gasteiger partial charge on any atom is 0.218 e. The van der Waals surface area contributed by atoms with Gasteiger partial charge >= 0.3 is 0 Å². The van der Waals surface area contributed by atoms with Crippen LogP contribution in [0.4, 0.5) is 0 Å². The van der Waals surface area contributed by atoms with Crippen LogP contribution in [-0.4, -0.2) is 49.8 Å². The first-order valence-corrected chi connectivity index (χ1v) is 10.9. The molecule has 1 aromatic carbocycles. The van der Waals surface area contributed by atoms with E-state index in [-0.39, 0.29) is 5.75 Å². The van der Waals surface area contributed by atoms with Gasteiger partial charge in [0.2, 0.25) is 10.0 Å². The molecule has 0 N–H and O–H groups in total. The van der Waals surface area contributed by atoms with Crippen LogP contribution < -0.4 is 0 Å². The summed E-state index contributed by atoms with van der Waals surface area (Å²) in [6, 6.07) is 8.40. The molecule has 2 heterocycles. The fraction of sp³-hybridized carbons (Fsp3) is 0.684. The lowest BCUT2D eigenvalue weighted by atomic mass is 10.0. The van der Waals surface area contributed by atoms with Crippen molar-refractivity contribution in [3.05, 3.63) is 35.4 Å². The van der Waals surface area contributed by atoms with E-state index in [0.29, 0.717) is 19.1 Å². The highest BCUT2D eigenvalue weighted by atomic mass is 32.2. The quantitative estimate of drug-likeness (QED) is 0.837. The summed E-state index contributed by atoms with van der Waals surface area (Å²) in [7, 11) is -3.20. The van der Waals surface area contributed by atoms with Gasteiger partial charge in [-0.1, -0.05) is 42.7 Å². The summed E-state index contributed by atoms with van der Waals surface area (Å²) >= 11 is 0. The lowest BCUT2D eigenvalue weighted by Crippen LogP contribution is -2.47. The fourth-order valence-electron chi connectivity index (χ4n) is 4.05. The number of sulfonamides is 1. The number of nitrogens with zero attached hydrogens (tertiary/aromatic N) is 2. The van der Waals surface area contributed by atoms with E-state index in [0.717, 1.165) is 24.0 Å². The summed E-state index contributed by atoms with van der Waals surface area (Å²) in [5.74, 6) is 0.128. The van der Waals surface area contributed by atoms with E-state index < -0.39 is 10.0 Å². The Morgan fingerprint density at radius 1 is 1.00 bits per heavy atom. The molecule has 0 bridgehead atoms. The summed E-state index contributed by atoms with van der Waals surface area (Å²) in [6.07, 6.45) is 7.25. The molecule has 0 amide bonds. The monoisotopic (exact) mass is 350 g/mol. The number of hydrogen-bond donors (Lipinski definition) is 0. The number of likely N-dealkylation sites (tertiary alicyclic amines) is 1. The second-order valence-electron chi connectivity index (χ2n) is 7.33. The minimum atomic E-state index is -3.20. The number of aryl methyl sites for hydroxylation is 1. The Balaban J connectivity index is 1.57. The summed E-state index contributed by atoms with van der Waals surface area (Å²) in [4.78, 5) is 2.61. The third-order valence-electron chi connectivity index (χ3n) is 5.41. The second kappa shape index (κ2) is 7.98. The highest BCUT2D eigenvalue weighted by molar-refractivity contribution is 7.88. The van der Waals surface area contributed by atoms with Crippen LogP contribution in [0.25, 0.3) is 0 Å². The van der Waals surface area contributed by atoms with E-state index in [1.165, 1.54) is 38.8 Å². The van der Waals surface area contributed by atoms with E-state index in [2.05, 4.69) is 4.90 Å². The topological polar surface area (TPSA) is 40.6 Å². The molecular formula is C19H30N2O2S. The number of rotatable bonds is 4. The molecule has 0 radical (unpaired) electrons. The summed E-state index contributed by atoms with van der Waals surface area (Å²) < 4.78 is 27.1. The molecule has 2 fully saturated rings. The van der Waals surface area contributed by atoms with E-state index in [9.17, 15) is 8.42 Å². The van der Waals surface area contributed by atoms with Crippen LogP contribution in [0, 0.1) is 6.92 Å². The van der Waals surface area contributed by atoms with Crippen molar-refractivity contribution in [1.82, 2.24) is 9.21 Å². The zero-order valence-electron chi connectivity index (χ0n) is 14.8. The molecule has 0 aromatic heterocycles. The van der Waals surface area contributed by atoms with Crippen LogP contribution in [0.5, 0.6) is 0 Å². The van der Waals surface area contributed by atoms with Crippen molar-refractivity contribution in [2.75, 3.05) is 26.2 Å². The van der Waals surface area contributed by atoms with Crippen molar-refractivity contribution < 1.29 is 8.42 Å². The van der Waals surface area contributed by atoms with Crippen LogP contribution >= 0.6 is 0 Å². The lowest BCUT2D eigenvalue weighted by molar-refractivity contribution is 0.143. The molecule has 2 aliphatic heterocycles. The molecule has 0 unspecified atom stereocenters. The summed E-state index contributed by atoms with van der Waals surface area (Å²) in [5.41, 5.74) is 2.01. The smallest absolute Gasteiger partial charge is 0.218 e. The van der Waals surface area contributed by atoms with Gasteiger partial charge in [0.25, 0.3) is 0 Å². The van der Waals surface area contributed by atoms with Crippen molar-refractivity contribution >= 4 is 10.0 Å². The van der Waals surface area contributed by atoms with Crippen molar-refractivity contribution in [2.24, 2.45) is 0 Å². The Morgan fingerprint density at radius 2 is 1.67 bits per heavy atom. The predicted octanol–water partition coefficient (Wildman–Crippen LogP) is 3.17. The Morgan fingerprint density at radius 3 is 2.29 bits per heavy atom. The molecular weight excluding hydrogens is 320 g/mol. The maximum atomic E-state index is 12.7. The highest BCUT2D eigenvalue weighted by Crippen LogP contribution is 2.23. The molecule has 2 aliphatic rings. The normalized spacial score (nSPS) is 22.4. The molecule has 0 saturated carbocycles. The summed E-state index contributed by atoms with van der Waals surface area (Å²) in [6.45, 7) is 5.74. The Bertz CT molecular complexity index is 629. The molecule has 24 heavy (non-hydrogen) atoms. The van der Waals surface area contributed by atoms with E-state index in [4.69, 9.17) is 0 Å². The standard InChI is InChI=1S/C19H30N2O2S/c1-17-7-6-8-18(15-17)16-24(22,23)21-13-9-19(10-14-21)20-11-4-2-3-5-12-20/h6-8,15,19H,2-5,9-14,16H2,1H3. The maximum absolute atomic E-state index is 12.7. The minimum Gasteiger partial charge on any atom is -0.300 e. The molecule has 0 aliphatic carbocycles. The van der Waals surface area contributed by atoms with Crippen molar-refractivity contribution in [1.29, 1.82) is 0 Å². The zero-order valence-corrected chi connectivity index (χ0v) is 15.6. The first-order chi connectivity index (χ1) is 11.5. The first kappa shape index (κ1) is 17.9. The predicted molar refractivity (Wildman–Crippen MR) is 98.4 cm³/mol. The third kappa shape index (κ3) is 4.58. The molecule has 1 aromatic rings. The van der Waals surface area contributed by atoms with Crippen LogP contribution in [-0.2, 0) is 15.8 Å². The lowest BCUT2D eigenvalue weighted by Gasteiger charge is -2.37. The Kier molecular flexibility index (Phi) is 5.95. The number of piperidine rings is 1. The van der Waals surface area contributed by atoms with Gasteiger partial charge in [0.05, 0.1) is 5.75 Å². The SMILES string of the molecule is Cc1cccc(CS(=O)(=O)N2CCC(N3CCCCCC3)CC2)c1. The van der Waals surface area contributed by atoms with Crippen molar-refractivity contribution in [3.63, 3.8) is 0 Å². The van der Waals surface area contributed by atoms with E-state index in [1.54, 1.807) is 4.31 Å². The second-order valence-corrected chi connectivity index (χ2v) is 9.29. The van der Waals surface area contributed by atoms with Gasteiger partial charge in [0.15, 0.2) is 0 Å².